The minimum Gasteiger partial charge on any atom is -0.462 e. The van der Waals surface area contributed by atoms with Crippen molar-refractivity contribution in [1.29, 1.82) is 0 Å². The van der Waals surface area contributed by atoms with Gasteiger partial charge in [-0.2, -0.15) is 0 Å². The van der Waals surface area contributed by atoms with E-state index in [0.29, 0.717) is 35.6 Å². The zero-order valence-electron chi connectivity index (χ0n) is 18.7. The minimum atomic E-state index is -0.492. The Bertz CT molecular complexity index is 1100. The lowest BCUT2D eigenvalue weighted by Gasteiger charge is -2.36. The summed E-state index contributed by atoms with van der Waals surface area (Å²) in [5.41, 5.74) is 4.73. The van der Waals surface area contributed by atoms with Crippen molar-refractivity contribution >= 4 is 23.4 Å². The Morgan fingerprint density at radius 1 is 1.09 bits per heavy atom. The van der Waals surface area contributed by atoms with Gasteiger partial charge in [-0.1, -0.05) is 67.9 Å². The molecule has 1 aliphatic carbocycles. The van der Waals surface area contributed by atoms with Crippen molar-refractivity contribution in [3.63, 3.8) is 0 Å². The number of benzene rings is 2. The second-order valence-electron chi connectivity index (χ2n) is 8.98. The van der Waals surface area contributed by atoms with Crippen LogP contribution >= 0.6 is 11.6 Å². The zero-order chi connectivity index (χ0) is 22.8. The van der Waals surface area contributed by atoms with E-state index >= 15 is 0 Å². The average molecular weight is 450 g/mol. The van der Waals surface area contributed by atoms with Crippen molar-refractivity contribution in [2.45, 2.75) is 45.4 Å². The highest BCUT2D eigenvalue weighted by Gasteiger charge is 2.41. The maximum atomic E-state index is 13.5. The van der Waals surface area contributed by atoms with Gasteiger partial charge in [0.2, 0.25) is 0 Å². The highest BCUT2D eigenvalue weighted by atomic mass is 35.5. The van der Waals surface area contributed by atoms with E-state index in [1.807, 2.05) is 57.2 Å². The van der Waals surface area contributed by atoms with E-state index in [4.69, 9.17) is 16.3 Å². The molecule has 1 aliphatic heterocycles. The van der Waals surface area contributed by atoms with Crippen LogP contribution in [0.5, 0.6) is 0 Å². The highest BCUT2D eigenvalue weighted by Crippen LogP contribution is 2.46. The molecular weight excluding hydrogens is 422 g/mol. The van der Waals surface area contributed by atoms with E-state index in [9.17, 15) is 9.59 Å². The lowest BCUT2D eigenvalue weighted by atomic mass is 9.72. The van der Waals surface area contributed by atoms with E-state index in [0.717, 1.165) is 22.5 Å². The van der Waals surface area contributed by atoms with Gasteiger partial charge in [0, 0.05) is 34.3 Å². The first-order chi connectivity index (χ1) is 15.3. The summed E-state index contributed by atoms with van der Waals surface area (Å²) >= 11 is 6.30. The third-order valence-corrected chi connectivity index (χ3v) is 6.28. The Labute approximate surface area is 194 Å². The molecular formula is C27H28ClNO3. The fourth-order valence-corrected chi connectivity index (χ4v) is 4.81. The van der Waals surface area contributed by atoms with Crippen molar-refractivity contribution in [2.24, 2.45) is 5.92 Å². The van der Waals surface area contributed by atoms with E-state index in [-0.39, 0.29) is 17.6 Å². The van der Waals surface area contributed by atoms with Crippen LogP contribution in [0.4, 0.5) is 0 Å². The molecule has 2 aromatic carbocycles. The SMILES string of the molecule is CC1=C(C(=O)OCC(C)C)[C@H](c2cccc(Cl)c2)C2=C(C[C@@H](c3ccccc3)CC2=O)N1. The number of hydrogen-bond acceptors (Lipinski definition) is 4. The monoisotopic (exact) mass is 449 g/mol. The standard InChI is InChI=1S/C27H28ClNO3/c1-16(2)15-32-27(31)24-17(3)29-22-13-20(18-8-5-4-6-9-18)14-23(30)26(22)25(24)19-10-7-11-21(28)12-19/h4-12,16,20,25,29H,13-15H2,1-3H3/t20-,25+/m1/s1. The first-order valence-electron chi connectivity index (χ1n) is 11.1. The smallest absolute Gasteiger partial charge is 0.336 e. The number of hydrogen-bond donors (Lipinski definition) is 1. The number of ether oxygens (including phenoxy) is 1. The number of halogens is 1. The molecule has 0 radical (unpaired) electrons. The Morgan fingerprint density at radius 3 is 2.50 bits per heavy atom. The van der Waals surface area contributed by atoms with Gasteiger partial charge >= 0.3 is 5.97 Å². The Morgan fingerprint density at radius 2 is 1.81 bits per heavy atom. The van der Waals surface area contributed by atoms with E-state index in [1.54, 1.807) is 6.07 Å². The number of Topliss-reactive ketones (excluding diaryl/α,β-unsaturated/α-hetero) is 1. The average Bonchev–Trinajstić information content (AvgIpc) is 2.77. The molecule has 1 N–H and O–H groups in total. The number of esters is 1. The van der Waals surface area contributed by atoms with Crippen LogP contribution < -0.4 is 5.32 Å². The number of ketones is 1. The first kappa shape index (κ1) is 22.3. The second kappa shape index (κ2) is 9.33. The van der Waals surface area contributed by atoms with Gasteiger partial charge in [-0.25, -0.2) is 4.79 Å². The van der Waals surface area contributed by atoms with Crippen LogP contribution in [-0.2, 0) is 14.3 Å². The third kappa shape index (κ3) is 4.51. The minimum absolute atomic E-state index is 0.0549. The second-order valence-corrected chi connectivity index (χ2v) is 9.41. The predicted octanol–water partition coefficient (Wildman–Crippen LogP) is 5.90. The summed E-state index contributed by atoms with van der Waals surface area (Å²) in [6.07, 6.45) is 1.13. The number of allylic oxidation sites excluding steroid dienone is 3. The molecule has 0 saturated heterocycles. The molecule has 2 aliphatic rings. The van der Waals surface area contributed by atoms with Crippen LogP contribution in [0.15, 0.2) is 77.1 Å². The molecule has 0 bridgehead atoms. The fraction of sp³-hybridized carbons (Fsp3) is 0.333. The van der Waals surface area contributed by atoms with Crippen molar-refractivity contribution in [3.8, 4) is 0 Å². The number of carbonyl (C=O) groups excluding carboxylic acids is 2. The van der Waals surface area contributed by atoms with Gasteiger partial charge in [-0.05, 0) is 48.4 Å². The maximum Gasteiger partial charge on any atom is 0.336 e. The fourth-order valence-electron chi connectivity index (χ4n) is 4.61. The molecule has 0 aromatic heterocycles. The van der Waals surface area contributed by atoms with E-state index in [1.165, 1.54) is 0 Å². The number of nitrogens with one attached hydrogen (secondary N) is 1. The summed E-state index contributed by atoms with van der Waals surface area (Å²) in [7, 11) is 0. The van der Waals surface area contributed by atoms with Gasteiger partial charge < -0.3 is 10.1 Å². The van der Waals surface area contributed by atoms with Crippen molar-refractivity contribution < 1.29 is 14.3 Å². The molecule has 4 rings (SSSR count). The zero-order valence-corrected chi connectivity index (χ0v) is 19.4. The van der Waals surface area contributed by atoms with Crippen LogP contribution in [0, 0.1) is 5.92 Å². The molecule has 5 heteroatoms. The van der Waals surface area contributed by atoms with Crippen LogP contribution in [0.3, 0.4) is 0 Å². The lowest BCUT2D eigenvalue weighted by Crippen LogP contribution is -2.36. The molecule has 2 aromatic rings. The summed E-state index contributed by atoms with van der Waals surface area (Å²) in [6.45, 7) is 6.20. The Hall–Kier alpha value is -2.85. The Kier molecular flexibility index (Phi) is 6.52. The van der Waals surface area contributed by atoms with Gasteiger partial charge in [-0.15, -0.1) is 0 Å². The number of dihydropyridines is 1. The normalized spacial score (nSPS) is 20.8. The molecule has 0 saturated carbocycles. The van der Waals surface area contributed by atoms with Crippen molar-refractivity contribution in [1.82, 2.24) is 5.32 Å². The largest absolute Gasteiger partial charge is 0.462 e. The lowest BCUT2D eigenvalue weighted by molar-refractivity contribution is -0.140. The summed E-state index contributed by atoms with van der Waals surface area (Å²) in [6, 6.07) is 17.5. The summed E-state index contributed by atoms with van der Waals surface area (Å²) in [5, 5.41) is 3.96. The van der Waals surface area contributed by atoms with Gasteiger partial charge in [-0.3, -0.25) is 4.79 Å². The van der Waals surface area contributed by atoms with E-state index in [2.05, 4.69) is 17.4 Å². The molecule has 0 amide bonds. The maximum absolute atomic E-state index is 13.5. The molecule has 0 fully saturated rings. The van der Waals surface area contributed by atoms with Gasteiger partial charge in [0.05, 0.1) is 12.2 Å². The van der Waals surface area contributed by atoms with Crippen LogP contribution in [0.25, 0.3) is 0 Å². The van der Waals surface area contributed by atoms with Gasteiger partial charge in [0.25, 0.3) is 0 Å². The number of rotatable bonds is 5. The van der Waals surface area contributed by atoms with Crippen molar-refractivity contribution in [3.05, 3.63) is 93.3 Å². The predicted molar refractivity (Wildman–Crippen MR) is 126 cm³/mol. The van der Waals surface area contributed by atoms with Gasteiger partial charge in [0.15, 0.2) is 5.78 Å². The molecule has 2 atom stereocenters. The quantitative estimate of drug-likeness (QED) is 0.577. The summed E-state index contributed by atoms with van der Waals surface area (Å²) in [5.74, 6) is -0.498. The van der Waals surface area contributed by atoms with Crippen LogP contribution in [0.2, 0.25) is 5.02 Å². The van der Waals surface area contributed by atoms with Crippen LogP contribution in [-0.4, -0.2) is 18.4 Å². The molecule has 0 unspecified atom stereocenters. The number of carbonyl (C=O) groups is 2. The molecule has 1 heterocycles. The Balaban J connectivity index is 1.77. The van der Waals surface area contributed by atoms with Crippen LogP contribution in [0.1, 0.15) is 56.6 Å². The van der Waals surface area contributed by atoms with Crippen molar-refractivity contribution in [2.75, 3.05) is 6.61 Å². The summed E-state index contributed by atoms with van der Waals surface area (Å²) in [4.78, 5) is 26.7. The molecule has 166 valence electrons. The summed E-state index contributed by atoms with van der Waals surface area (Å²) < 4.78 is 5.60. The molecule has 0 spiro atoms. The third-order valence-electron chi connectivity index (χ3n) is 6.05. The molecule has 4 nitrogen and oxygen atoms in total. The highest BCUT2D eigenvalue weighted by molar-refractivity contribution is 6.30. The van der Waals surface area contributed by atoms with Gasteiger partial charge in [0.1, 0.15) is 0 Å². The molecule has 32 heavy (non-hydrogen) atoms. The topological polar surface area (TPSA) is 55.4 Å². The first-order valence-corrected chi connectivity index (χ1v) is 11.4. The van der Waals surface area contributed by atoms with E-state index < -0.39 is 11.9 Å².